The summed E-state index contributed by atoms with van der Waals surface area (Å²) in [6.07, 6.45) is 2.47. The fourth-order valence-electron chi connectivity index (χ4n) is 4.12. The molecule has 1 aromatic carbocycles. The molecule has 2 aromatic heterocycles. The number of carbonyl (C=O) groups is 2. The Hall–Kier alpha value is -2.99. The van der Waals surface area contributed by atoms with Gasteiger partial charge in [-0.25, -0.2) is 0 Å². The van der Waals surface area contributed by atoms with Gasteiger partial charge < -0.3 is 19.2 Å². The summed E-state index contributed by atoms with van der Waals surface area (Å²) < 4.78 is 7.45. The highest BCUT2D eigenvalue weighted by Gasteiger charge is 2.48. The molecule has 4 rings (SSSR count). The molecule has 1 aliphatic heterocycles. The monoisotopic (exact) mass is 453 g/mol. The topological polar surface area (TPSA) is 67.5 Å². The predicted molar refractivity (Wildman–Crippen MR) is 124 cm³/mol. The number of halogens is 1. The Labute approximate surface area is 193 Å². The van der Waals surface area contributed by atoms with Crippen molar-refractivity contribution in [2.24, 2.45) is 5.92 Å². The Morgan fingerprint density at radius 3 is 2.59 bits per heavy atom. The molecule has 0 spiro atoms. The average molecular weight is 454 g/mol. The van der Waals surface area contributed by atoms with Gasteiger partial charge in [-0.2, -0.15) is 0 Å². The molecule has 1 atom stereocenters. The molecule has 0 aliphatic carbocycles. The Morgan fingerprint density at radius 2 is 1.91 bits per heavy atom. The Kier molecular flexibility index (Phi) is 6.15. The van der Waals surface area contributed by atoms with Crippen molar-refractivity contribution in [1.82, 2.24) is 14.8 Å². The molecule has 0 fully saturated rings. The van der Waals surface area contributed by atoms with Gasteiger partial charge in [-0.15, -0.1) is 0 Å². The molecule has 32 heavy (non-hydrogen) atoms. The van der Waals surface area contributed by atoms with Gasteiger partial charge in [-0.3, -0.25) is 9.59 Å². The van der Waals surface area contributed by atoms with E-state index in [4.69, 9.17) is 16.0 Å². The molecule has 168 valence electrons. The minimum atomic E-state index is -1.10. The first kappa shape index (κ1) is 22.2. The van der Waals surface area contributed by atoms with E-state index >= 15 is 0 Å². The van der Waals surface area contributed by atoms with Crippen LogP contribution in [-0.4, -0.2) is 33.4 Å². The molecule has 6 nitrogen and oxygen atoms in total. The molecular formula is C25H28ClN3O3. The van der Waals surface area contributed by atoms with E-state index in [0.29, 0.717) is 35.5 Å². The number of nitrogens with zero attached hydrogens (tertiary/aromatic N) is 2. The molecule has 0 radical (unpaired) electrons. The third-order valence-electron chi connectivity index (χ3n) is 6.06. The first-order valence-corrected chi connectivity index (χ1v) is 11.3. The van der Waals surface area contributed by atoms with Crippen LogP contribution in [0.5, 0.6) is 0 Å². The third-order valence-corrected chi connectivity index (χ3v) is 6.43. The Balaban J connectivity index is 1.73. The van der Waals surface area contributed by atoms with E-state index < -0.39 is 5.54 Å². The molecule has 3 heterocycles. The van der Waals surface area contributed by atoms with Crippen LogP contribution in [0, 0.1) is 5.92 Å². The summed E-state index contributed by atoms with van der Waals surface area (Å²) in [6.45, 7) is 7.17. The van der Waals surface area contributed by atoms with Crippen LogP contribution >= 0.6 is 11.6 Å². The quantitative estimate of drug-likeness (QED) is 0.548. The summed E-state index contributed by atoms with van der Waals surface area (Å²) >= 11 is 6.40. The van der Waals surface area contributed by atoms with Crippen LogP contribution in [0.2, 0.25) is 5.02 Å². The van der Waals surface area contributed by atoms with Gasteiger partial charge in [0.25, 0.3) is 5.91 Å². The molecule has 1 aliphatic rings. The zero-order valence-electron chi connectivity index (χ0n) is 18.6. The van der Waals surface area contributed by atoms with Crippen molar-refractivity contribution in [2.75, 3.05) is 6.54 Å². The standard InChI is InChI=1S/C25H28ClN3O3/c1-17(2)12-13-27-24(31)25(3)16-28-20(22-9-6-14-32-22)10-11-21(28)23(30)29(25)15-18-7-4-5-8-19(18)26/h4-11,14,17H,12-13,15-16H2,1-3H3,(H,27,31)/t25-/m1/s1. The van der Waals surface area contributed by atoms with E-state index in [2.05, 4.69) is 19.2 Å². The molecule has 7 heteroatoms. The van der Waals surface area contributed by atoms with Crippen LogP contribution in [0.3, 0.4) is 0 Å². The lowest BCUT2D eigenvalue weighted by Gasteiger charge is -2.44. The van der Waals surface area contributed by atoms with Crippen molar-refractivity contribution in [1.29, 1.82) is 0 Å². The highest BCUT2D eigenvalue weighted by atomic mass is 35.5. The molecule has 0 saturated heterocycles. The second kappa shape index (κ2) is 8.87. The number of amides is 2. The zero-order chi connectivity index (χ0) is 22.9. The van der Waals surface area contributed by atoms with Gasteiger partial charge in [0, 0.05) is 18.1 Å². The van der Waals surface area contributed by atoms with Gasteiger partial charge in [0.1, 0.15) is 17.0 Å². The molecule has 2 amide bonds. The zero-order valence-corrected chi connectivity index (χ0v) is 19.4. The number of carbonyl (C=O) groups excluding carboxylic acids is 2. The molecule has 0 bridgehead atoms. The van der Waals surface area contributed by atoms with Crippen LogP contribution in [-0.2, 0) is 17.9 Å². The lowest BCUT2D eigenvalue weighted by atomic mass is 9.93. The summed E-state index contributed by atoms with van der Waals surface area (Å²) in [4.78, 5) is 28.8. The molecule has 0 saturated carbocycles. The maximum Gasteiger partial charge on any atom is 0.271 e. The second-order valence-electron chi connectivity index (χ2n) is 8.86. The van der Waals surface area contributed by atoms with Crippen molar-refractivity contribution in [3.05, 3.63) is 71.1 Å². The molecule has 1 N–H and O–H groups in total. The average Bonchev–Trinajstić information content (AvgIpc) is 3.41. The van der Waals surface area contributed by atoms with Crippen molar-refractivity contribution in [2.45, 2.75) is 45.8 Å². The fraction of sp³-hybridized carbons (Fsp3) is 0.360. The Morgan fingerprint density at radius 1 is 1.16 bits per heavy atom. The smallest absolute Gasteiger partial charge is 0.271 e. The van der Waals surface area contributed by atoms with Gasteiger partial charge in [0.2, 0.25) is 5.91 Å². The second-order valence-corrected chi connectivity index (χ2v) is 9.27. The number of hydrogen-bond donors (Lipinski definition) is 1. The number of furan rings is 1. The normalized spacial score (nSPS) is 18.2. The van der Waals surface area contributed by atoms with E-state index in [1.807, 2.05) is 47.9 Å². The van der Waals surface area contributed by atoms with Crippen LogP contribution in [0.4, 0.5) is 0 Å². The highest BCUT2D eigenvalue weighted by molar-refractivity contribution is 6.31. The Bertz CT molecular complexity index is 1120. The van der Waals surface area contributed by atoms with Crippen molar-refractivity contribution in [3.63, 3.8) is 0 Å². The largest absolute Gasteiger partial charge is 0.463 e. The highest BCUT2D eigenvalue weighted by Crippen LogP contribution is 2.35. The van der Waals surface area contributed by atoms with Crippen LogP contribution in [0.15, 0.2) is 59.2 Å². The van der Waals surface area contributed by atoms with E-state index in [1.165, 1.54) is 0 Å². The fourth-order valence-corrected chi connectivity index (χ4v) is 4.32. The lowest BCUT2D eigenvalue weighted by molar-refractivity contribution is -0.133. The van der Waals surface area contributed by atoms with Crippen LogP contribution in [0.25, 0.3) is 11.5 Å². The summed E-state index contributed by atoms with van der Waals surface area (Å²) in [6, 6.07) is 14.7. The maximum atomic E-state index is 13.7. The number of nitrogens with one attached hydrogen (secondary N) is 1. The minimum Gasteiger partial charge on any atom is -0.463 e. The lowest BCUT2D eigenvalue weighted by Crippen LogP contribution is -2.63. The summed E-state index contributed by atoms with van der Waals surface area (Å²) in [5, 5.41) is 3.62. The number of rotatable bonds is 7. The maximum absolute atomic E-state index is 13.7. The minimum absolute atomic E-state index is 0.178. The summed E-state index contributed by atoms with van der Waals surface area (Å²) in [5.41, 5.74) is 1.00. The van der Waals surface area contributed by atoms with Gasteiger partial charge in [-0.1, -0.05) is 43.6 Å². The molecule has 0 unspecified atom stereocenters. The van der Waals surface area contributed by atoms with Gasteiger partial charge in [0.05, 0.1) is 18.5 Å². The summed E-state index contributed by atoms with van der Waals surface area (Å²) in [7, 11) is 0. The van der Waals surface area contributed by atoms with E-state index in [-0.39, 0.29) is 18.4 Å². The van der Waals surface area contributed by atoms with Gasteiger partial charge >= 0.3 is 0 Å². The number of aromatic nitrogens is 1. The number of fused-ring (bicyclic) bond motifs is 1. The van der Waals surface area contributed by atoms with E-state index in [1.54, 1.807) is 23.3 Å². The number of benzene rings is 1. The van der Waals surface area contributed by atoms with Crippen molar-refractivity contribution >= 4 is 23.4 Å². The van der Waals surface area contributed by atoms with Crippen molar-refractivity contribution < 1.29 is 14.0 Å². The molecular weight excluding hydrogens is 426 g/mol. The van der Waals surface area contributed by atoms with Gasteiger partial charge in [-0.05, 0) is 55.2 Å². The predicted octanol–water partition coefficient (Wildman–Crippen LogP) is 4.98. The SMILES string of the molecule is CC(C)CCNC(=O)[C@@]1(C)Cn2c(ccc2-c2ccco2)C(=O)N1Cc1ccccc1Cl. The van der Waals surface area contributed by atoms with Crippen LogP contribution in [0.1, 0.15) is 43.2 Å². The van der Waals surface area contributed by atoms with Crippen LogP contribution < -0.4 is 5.32 Å². The first-order chi connectivity index (χ1) is 15.3. The molecule has 3 aromatic rings. The van der Waals surface area contributed by atoms with E-state index in [9.17, 15) is 9.59 Å². The number of hydrogen-bond acceptors (Lipinski definition) is 3. The first-order valence-electron chi connectivity index (χ1n) is 10.9. The van der Waals surface area contributed by atoms with Gasteiger partial charge in [0.15, 0.2) is 0 Å². The van der Waals surface area contributed by atoms with Crippen molar-refractivity contribution in [3.8, 4) is 11.5 Å². The summed E-state index contributed by atoms with van der Waals surface area (Å²) in [5.74, 6) is 0.738. The third kappa shape index (κ3) is 4.07. The van der Waals surface area contributed by atoms with E-state index in [0.717, 1.165) is 17.7 Å².